The number of rotatable bonds is 4. The third-order valence-electron chi connectivity index (χ3n) is 3.71. The van der Waals surface area contributed by atoms with Crippen molar-refractivity contribution in [2.75, 3.05) is 0 Å². The van der Waals surface area contributed by atoms with Crippen LogP contribution in [0.4, 0.5) is 0 Å². The van der Waals surface area contributed by atoms with Gasteiger partial charge >= 0.3 is 5.97 Å². The average molecular weight is 340 g/mol. The third-order valence-corrected chi connectivity index (χ3v) is 3.97. The zero-order chi connectivity index (χ0) is 17.3. The normalized spacial score (nSPS) is 11.0. The van der Waals surface area contributed by atoms with E-state index in [1.165, 1.54) is 22.4 Å². The van der Waals surface area contributed by atoms with Gasteiger partial charge in [0.05, 0.1) is 11.3 Å². The van der Waals surface area contributed by atoms with Crippen molar-refractivity contribution in [1.82, 2.24) is 9.78 Å². The molecule has 0 aliphatic carbocycles. The van der Waals surface area contributed by atoms with Crippen LogP contribution in [0, 0.1) is 4.84 Å². The quantitative estimate of drug-likeness (QED) is 0.698. The van der Waals surface area contributed by atoms with Crippen LogP contribution in [0.15, 0.2) is 52.9 Å². The Morgan fingerprint density at radius 2 is 1.92 bits per heavy atom. The Morgan fingerprint density at radius 1 is 1.21 bits per heavy atom. The van der Waals surface area contributed by atoms with Crippen LogP contribution in [-0.4, -0.2) is 20.9 Å². The lowest BCUT2D eigenvalue weighted by Crippen LogP contribution is -2.01. The van der Waals surface area contributed by atoms with E-state index >= 15 is 0 Å². The Bertz CT molecular complexity index is 939. The molecule has 0 saturated carbocycles. The number of aromatic carboxylic acids is 1. The number of benzene rings is 2. The van der Waals surface area contributed by atoms with Crippen molar-refractivity contribution in [1.29, 1.82) is 0 Å². The average Bonchev–Trinajstić information content (AvgIpc) is 2.97. The topological polar surface area (TPSA) is 68.3 Å². The molecule has 5 nitrogen and oxygen atoms in total. The Labute approximate surface area is 144 Å². The van der Waals surface area contributed by atoms with Gasteiger partial charge in [-0.25, -0.2) is 4.79 Å². The Balaban J connectivity index is 2.00. The van der Waals surface area contributed by atoms with Crippen molar-refractivity contribution >= 4 is 18.2 Å². The van der Waals surface area contributed by atoms with Gasteiger partial charge in [-0.05, 0) is 54.0 Å². The van der Waals surface area contributed by atoms with E-state index in [0.29, 0.717) is 17.5 Å². The van der Waals surface area contributed by atoms with Gasteiger partial charge in [0.25, 0.3) is 4.84 Å². The summed E-state index contributed by atoms with van der Waals surface area (Å²) >= 11 is 5.22. The third kappa shape index (κ3) is 3.14. The molecular formula is C18H16N2O3S. The van der Waals surface area contributed by atoms with Crippen LogP contribution < -0.4 is 0 Å². The van der Waals surface area contributed by atoms with Gasteiger partial charge in [0.15, 0.2) is 0 Å². The molecule has 0 aliphatic heterocycles. The van der Waals surface area contributed by atoms with E-state index in [0.717, 1.165) is 5.56 Å². The first-order valence-electron chi connectivity index (χ1n) is 7.50. The zero-order valence-corrected chi connectivity index (χ0v) is 14.1. The van der Waals surface area contributed by atoms with Crippen molar-refractivity contribution in [3.05, 3.63) is 64.5 Å². The maximum atomic E-state index is 11.1. The molecule has 0 unspecified atom stereocenters. The number of hydrogen-bond donors (Lipinski definition) is 1. The summed E-state index contributed by atoms with van der Waals surface area (Å²) in [5, 5.41) is 13.5. The van der Waals surface area contributed by atoms with Gasteiger partial charge in [-0.1, -0.05) is 32.0 Å². The first kappa shape index (κ1) is 16.1. The monoisotopic (exact) mass is 340 g/mol. The maximum absolute atomic E-state index is 11.1. The van der Waals surface area contributed by atoms with Gasteiger partial charge in [0, 0.05) is 5.56 Å². The molecule has 24 heavy (non-hydrogen) atoms. The molecular weight excluding hydrogens is 324 g/mol. The van der Waals surface area contributed by atoms with Crippen molar-refractivity contribution in [3.63, 3.8) is 0 Å². The Hall–Kier alpha value is -2.73. The molecule has 122 valence electrons. The summed E-state index contributed by atoms with van der Waals surface area (Å²) in [6, 6.07) is 14.3. The van der Waals surface area contributed by atoms with Crippen LogP contribution in [0.3, 0.4) is 0 Å². The Kier molecular flexibility index (Phi) is 4.31. The van der Waals surface area contributed by atoms with Crippen LogP contribution in [0.25, 0.3) is 17.1 Å². The van der Waals surface area contributed by atoms with Gasteiger partial charge in [0.2, 0.25) is 5.89 Å². The summed E-state index contributed by atoms with van der Waals surface area (Å²) < 4.78 is 7.00. The summed E-state index contributed by atoms with van der Waals surface area (Å²) in [6.07, 6.45) is 0. The molecule has 0 aliphatic rings. The fraction of sp³-hybridized carbons (Fsp3) is 0.167. The first-order chi connectivity index (χ1) is 11.5. The number of carboxylic acid groups (broad SMARTS) is 1. The van der Waals surface area contributed by atoms with E-state index in [9.17, 15) is 4.79 Å². The van der Waals surface area contributed by atoms with E-state index in [-0.39, 0.29) is 10.4 Å². The van der Waals surface area contributed by atoms with Crippen molar-refractivity contribution in [2.45, 2.75) is 19.8 Å². The molecule has 3 rings (SSSR count). The molecule has 0 fully saturated rings. The van der Waals surface area contributed by atoms with Gasteiger partial charge in [-0.15, -0.1) is 5.10 Å². The minimum absolute atomic E-state index is 0.167. The van der Waals surface area contributed by atoms with E-state index in [4.69, 9.17) is 21.7 Å². The molecule has 2 aromatic carbocycles. The molecule has 0 bridgehead atoms. The molecule has 0 radical (unpaired) electrons. The summed E-state index contributed by atoms with van der Waals surface area (Å²) in [5.74, 6) is -0.158. The molecule has 0 saturated heterocycles. The molecule has 0 amide bonds. The molecule has 0 spiro atoms. The smallest absolute Gasteiger partial charge is 0.335 e. The van der Waals surface area contributed by atoms with E-state index in [2.05, 4.69) is 18.9 Å². The largest absolute Gasteiger partial charge is 0.478 e. The number of hydrogen-bond acceptors (Lipinski definition) is 4. The van der Waals surface area contributed by atoms with Crippen LogP contribution >= 0.6 is 12.2 Å². The van der Waals surface area contributed by atoms with Crippen LogP contribution in [0.1, 0.15) is 35.7 Å². The molecule has 3 aromatic rings. The van der Waals surface area contributed by atoms with Gasteiger partial charge in [-0.3, -0.25) is 0 Å². The number of carboxylic acids is 1. The Morgan fingerprint density at radius 3 is 2.54 bits per heavy atom. The van der Waals surface area contributed by atoms with Crippen LogP contribution in [-0.2, 0) is 0 Å². The minimum atomic E-state index is -1.00. The highest BCUT2D eigenvalue weighted by Crippen LogP contribution is 2.23. The van der Waals surface area contributed by atoms with Crippen molar-refractivity contribution in [3.8, 4) is 17.1 Å². The second-order valence-electron chi connectivity index (χ2n) is 5.72. The van der Waals surface area contributed by atoms with Crippen molar-refractivity contribution < 1.29 is 14.3 Å². The number of carbonyl (C=O) groups is 1. The predicted molar refractivity (Wildman–Crippen MR) is 93.1 cm³/mol. The predicted octanol–water partition coefficient (Wildman–Crippen LogP) is 4.68. The molecule has 0 atom stereocenters. The molecule has 1 aromatic heterocycles. The molecule has 1 N–H and O–H groups in total. The zero-order valence-electron chi connectivity index (χ0n) is 13.3. The highest BCUT2D eigenvalue weighted by Gasteiger charge is 2.12. The van der Waals surface area contributed by atoms with Crippen LogP contribution in [0.2, 0.25) is 0 Å². The minimum Gasteiger partial charge on any atom is -0.478 e. The van der Waals surface area contributed by atoms with E-state index in [1.54, 1.807) is 12.1 Å². The fourth-order valence-electron chi connectivity index (χ4n) is 2.34. The number of aromatic nitrogens is 2. The highest BCUT2D eigenvalue weighted by atomic mass is 32.1. The summed E-state index contributed by atoms with van der Waals surface area (Å²) in [6.45, 7) is 4.26. The van der Waals surface area contributed by atoms with Gasteiger partial charge in [-0.2, -0.15) is 4.68 Å². The second kappa shape index (κ2) is 6.41. The van der Waals surface area contributed by atoms with E-state index in [1.807, 2.05) is 24.3 Å². The first-order valence-corrected chi connectivity index (χ1v) is 7.91. The lowest BCUT2D eigenvalue weighted by molar-refractivity contribution is 0.0697. The second-order valence-corrected chi connectivity index (χ2v) is 6.07. The summed E-state index contributed by atoms with van der Waals surface area (Å²) in [7, 11) is 0. The molecule has 1 heterocycles. The molecule has 6 heteroatoms. The summed E-state index contributed by atoms with van der Waals surface area (Å²) in [4.78, 5) is 11.3. The maximum Gasteiger partial charge on any atom is 0.335 e. The lowest BCUT2D eigenvalue weighted by atomic mass is 10.0. The summed E-state index contributed by atoms with van der Waals surface area (Å²) in [5.41, 5.74) is 2.76. The van der Waals surface area contributed by atoms with E-state index < -0.39 is 5.97 Å². The van der Waals surface area contributed by atoms with Gasteiger partial charge < -0.3 is 9.52 Å². The van der Waals surface area contributed by atoms with Crippen LogP contribution in [0.5, 0.6) is 0 Å². The standard InChI is InChI=1S/C18H16N2O3S/c1-11(2)12-6-8-13(9-7-12)16-19-20(18(24)23-16)15-5-3-4-14(10-15)17(21)22/h3-11H,1-2H3,(H,21,22). The van der Waals surface area contributed by atoms with Gasteiger partial charge in [0.1, 0.15) is 0 Å². The fourth-order valence-corrected chi connectivity index (χ4v) is 2.56. The number of nitrogens with zero attached hydrogens (tertiary/aromatic N) is 2. The van der Waals surface area contributed by atoms with Crippen molar-refractivity contribution in [2.24, 2.45) is 0 Å². The highest BCUT2D eigenvalue weighted by molar-refractivity contribution is 7.71. The SMILES string of the molecule is CC(C)c1ccc(-c2nn(-c3cccc(C(=O)O)c3)c(=S)o2)cc1. The lowest BCUT2D eigenvalue weighted by Gasteiger charge is -2.04.